The maximum Gasteiger partial charge on any atom is 0.315 e. The number of carbonyl (C=O) groups is 2. The Bertz CT molecular complexity index is 948. The second kappa shape index (κ2) is 10.6. The van der Waals surface area contributed by atoms with Gasteiger partial charge in [0.05, 0.1) is 25.8 Å². The Kier molecular flexibility index (Phi) is 7.34. The number of urea groups is 1. The molecule has 4 rings (SSSR count). The van der Waals surface area contributed by atoms with Crippen molar-refractivity contribution in [1.29, 1.82) is 0 Å². The molecule has 0 bridgehead atoms. The average molecular weight is 441 g/mol. The topological polar surface area (TPSA) is 73.9 Å². The summed E-state index contributed by atoms with van der Waals surface area (Å²) in [5, 5.41) is 5.51. The number of rotatable bonds is 6. The van der Waals surface area contributed by atoms with E-state index in [1.54, 1.807) is 11.0 Å². The molecule has 1 atom stereocenters. The molecule has 3 amide bonds. The first-order chi connectivity index (χ1) is 15.6. The Labute approximate surface area is 187 Å². The zero-order chi connectivity index (χ0) is 22.3. The van der Waals surface area contributed by atoms with Gasteiger partial charge in [-0.2, -0.15) is 0 Å². The van der Waals surface area contributed by atoms with Crippen LogP contribution in [-0.4, -0.2) is 67.7 Å². The van der Waals surface area contributed by atoms with Crippen LogP contribution in [0.3, 0.4) is 0 Å². The van der Waals surface area contributed by atoms with Gasteiger partial charge in [0.1, 0.15) is 5.82 Å². The lowest BCUT2D eigenvalue weighted by Crippen LogP contribution is -2.48. The van der Waals surface area contributed by atoms with Gasteiger partial charge >= 0.3 is 6.03 Å². The number of fused-ring (bicyclic) bond motifs is 1. The Morgan fingerprint density at radius 1 is 1.00 bits per heavy atom. The second-order valence-corrected chi connectivity index (χ2v) is 8.12. The summed E-state index contributed by atoms with van der Waals surface area (Å²) in [6.07, 6.45) is 0.822. The number of nitrogens with one attached hydrogen (secondary N) is 2. The summed E-state index contributed by atoms with van der Waals surface area (Å²) in [5.74, 6) is -0.413. The van der Waals surface area contributed by atoms with Crippen LogP contribution in [0, 0.1) is 5.82 Å². The first kappa shape index (κ1) is 22.2. The number of nitrogens with zero attached hydrogens (tertiary/aromatic N) is 2. The van der Waals surface area contributed by atoms with Gasteiger partial charge in [-0.3, -0.25) is 9.69 Å². The molecular weight excluding hydrogens is 411 g/mol. The summed E-state index contributed by atoms with van der Waals surface area (Å²) in [4.78, 5) is 28.9. The summed E-state index contributed by atoms with van der Waals surface area (Å²) in [5.41, 5.74) is 3.23. The van der Waals surface area contributed by atoms with E-state index in [4.69, 9.17) is 4.74 Å². The number of benzene rings is 2. The summed E-state index contributed by atoms with van der Waals surface area (Å²) in [6.45, 7) is 4.08. The van der Waals surface area contributed by atoms with Crippen LogP contribution in [0.25, 0.3) is 0 Å². The minimum absolute atomic E-state index is 0.0593. The normalized spacial score (nSPS) is 17.3. The standard InChI is InChI=1S/C24H29FN4O3/c25-21-7-3-6-19(14-21)22(28-10-12-32-13-11-28)15-26-24(31)27-16-23(30)29-9-8-18-4-1-2-5-20(18)17-29/h1-7,14,22H,8-13,15-17H2,(H2,26,27,31). The van der Waals surface area contributed by atoms with Crippen molar-refractivity contribution in [2.24, 2.45) is 0 Å². The third-order valence-corrected chi connectivity index (χ3v) is 6.06. The van der Waals surface area contributed by atoms with Gasteiger partial charge in [0, 0.05) is 32.7 Å². The van der Waals surface area contributed by atoms with Gasteiger partial charge in [-0.1, -0.05) is 36.4 Å². The molecule has 2 aliphatic rings. The molecule has 0 radical (unpaired) electrons. The highest BCUT2D eigenvalue weighted by atomic mass is 19.1. The van der Waals surface area contributed by atoms with Crippen molar-refractivity contribution in [3.05, 3.63) is 71.0 Å². The number of carbonyl (C=O) groups excluding carboxylic acids is 2. The van der Waals surface area contributed by atoms with Crippen LogP contribution in [0.5, 0.6) is 0 Å². The Morgan fingerprint density at radius 3 is 2.56 bits per heavy atom. The average Bonchev–Trinajstić information content (AvgIpc) is 2.83. The maximum atomic E-state index is 13.8. The summed E-state index contributed by atoms with van der Waals surface area (Å²) in [7, 11) is 0. The lowest BCUT2D eigenvalue weighted by molar-refractivity contribution is -0.131. The molecule has 1 saturated heterocycles. The van der Waals surface area contributed by atoms with Gasteiger partial charge in [0.15, 0.2) is 0 Å². The van der Waals surface area contributed by atoms with E-state index in [0.29, 0.717) is 45.9 Å². The Morgan fingerprint density at radius 2 is 1.78 bits per heavy atom. The first-order valence-electron chi connectivity index (χ1n) is 11.0. The van der Waals surface area contributed by atoms with Gasteiger partial charge < -0.3 is 20.3 Å². The van der Waals surface area contributed by atoms with Crippen molar-refractivity contribution < 1.29 is 18.7 Å². The van der Waals surface area contributed by atoms with E-state index in [9.17, 15) is 14.0 Å². The quantitative estimate of drug-likeness (QED) is 0.722. The van der Waals surface area contributed by atoms with Crippen LogP contribution in [0.4, 0.5) is 9.18 Å². The molecule has 2 aliphatic heterocycles. The molecule has 32 heavy (non-hydrogen) atoms. The van der Waals surface area contributed by atoms with Gasteiger partial charge in [-0.05, 0) is 35.2 Å². The van der Waals surface area contributed by atoms with Crippen LogP contribution in [0.2, 0.25) is 0 Å². The monoisotopic (exact) mass is 440 g/mol. The van der Waals surface area contributed by atoms with E-state index in [-0.39, 0.29) is 24.3 Å². The number of ether oxygens (including phenoxy) is 1. The first-order valence-corrected chi connectivity index (χ1v) is 11.0. The summed E-state index contributed by atoms with van der Waals surface area (Å²) >= 11 is 0. The summed E-state index contributed by atoms with van der Waals surface area (Å²) in [6, 6.07) is 14.0. The van der Waals surface area contributed by atoms with Crippen LogP contribution in [0.15, 0.2) is 48.5 Å². The van der Waals surface area contributed by atoms with Gasteiger partial charge in [0.25, 0.3) is 0 Å². The lowest BCUT2D eigenvalue weighted by Gasteiger charge is -2.35. The molecule has 0 saturated carbocycles. The molecule has 7 nitrogen and oxygen atoms in total. The number of morpholine rings is 1. The zero-order valence-corrected chi connectivity index (χ0v) is 18.1. The number of halogens is 1. The van der Waals surface area contributed by atoms with Crippen molar-refractivity contribution in [3.63, 3.8) is 0 Å². The predicted octanol–water partition coefficient (Wildman–Crippen LogP) is 2.08. The molecule has 2 N–H and O–H groups in total. The minimum Gasteiger partial charge on any atom is -0.379 e. The highest BCUT2D eigenvalue weighted by Gasteiger charge is 2.24. The van der Waals surface area contributed by atoms with E-state index in [1.807, 2.05) is 24.3 Å². The highest BCUT2D eigenvalue weighted by Crippen LogP contribution is 2.22. The molecule has 1 unspecified atom stereocenters. The van der Waals surface area contributed by atoms with Crippen LogP contribution in [0.1, 0.15) is 22.7 Å². The maximum absolute atomic E-state index is 13.8. The van der Waals surface area contributed by atoms with E-state index < -0.39 is 6.03 Å². The Hall–Kier alpha value is -2.97. The van der Waals surface area contributed by atoms with Crippen molar-refractivity contribution in [2.75, 3.05) is 45.9 Å². The van der Waals surface area contributed by atoms with E-state index in [2.05, 4.69) is 21.6 Å². The van der Waals surface area contributed by atoms with Gasteiger partial charge in [-0.25, -0.2) is 9.18 Å². The number of hydrogen-bond donors (Lipinski definition) is 2. The molecule has 2 aromatic rings. The number of amides is 3. The molecule has 1 fully saturated rings. The van der Waals surface area contributed by atoms with Crippen LogP contribution >= 0.6 is 0 Å². The smallest absolute Gasteiger partial charge is 0.315 e. The third kappa shape index (κ3) is 5.63. The van der Waals surface area contributed by atoms with E-state index in [1.165, 1.54) is 17.7 Å². The molecule has 0 spiro atoms. The summed E-state index contributed by atoms with van der Waals surface area (Å²) < 4.78 is 19.2. The zero-order valence-electron chi connectivity index (χ0n) is 18.1. The Balaban J connectivity index is 1.29. The fourth-order valence-electron chi connectivity index (χ4n) is 4.29. The van der Waals surface area contributed by atoms with Gasteiger partial charge in [0.2, 0.25) is 5.91 Å². The minimum atomic E-state index is -0.412. The van der Waals surface area contributed by atoms with Crippen molar-refractivity contribution >= 4 is 11.9 Å². The molecule has 0 aliphatic carbocycles. The van der Waals surface area contributed by atoms with Crippen molar-refractivity contribution in [2.45, 2.75) is 19.0 Å². The van der Waals surface area contributed by atoms with E-state index >= 15 is 0 Å². The van der Waals surface area contributed by atoms with Gasteiger partial charge in [-0.15, -0.1) is 0 Å². The molecule has 0 aromatic heterocycles. The van der Waals surface area contributed by atoms with Crippen molar-refractivity contribution in [3.8, 4) is 0 Å². The molecular formula is C24H29FN4O3. The fourth-order valence-corrected chi connectivity index (χ4v) is 4.29. The molecule has 8 heteroatoms. The lowest BCUT2D eigenvalue weighted by atomic mass is 10.00. The SMILES string of the molecule is O=C(NCC(=O)N1CCc2ccccc2C1)NCC(c1cccc(F)c1)N1CCOCC1. The second-order valence-electron chi connectivity index (χ2n) is 8.12. The van der Waals surface area contributed by atoms with Crippen molar-refractivity contribution in [1.82, 2.24) is 20.4 Å². The highest BCUT2D eigenvalue weighted by molar-refractivity contribution is 5.84. The molecule has 2 aromatic carbocycles. The predicted molar refractivity (Wildman–Crippen MR) is 118 cm³/mol. The number of hydrogen-bond acceptors (Lipinski definition) is 4. The third-order valence-electron chi connectivity index (χ3n) is 6.06. The molecule has 170 valence electrons. The molecule has 2 heterocycles. The largest absolute Gasteiger partial charge is 0.379 e. The fraction of sp³-hybridized carbons (Fsp3) is 0.417. The van der Waals surface area contributed by atoms with Crippen LogP contribution in [-0.2, 0) is 22.5 Å². The van der Waals surface area contributed by atoms with E-state index in [0.717, 1.165) is 17.5 Å². The van der Waals surface area contributed by atoms with Crippen LogP contribution < -0.4 is 10.6 Å².